The quantitative estimate of drug-likeness (QED) is 0.925. The Bertz CT molecular complexity index is 481. The third-order valence-electron chi connectivity index (χ3n) is 4.22. The molecule has 2 rings (SSSR count). The first-order chi connectivity index (χ1) is 9.82. The van der Waals surface area contributed by atoms with Crippen molar-refractivity contribution in [3.63, 3.8) is 0 Å². The second-order valence-corrected chi connectivity index (χ2v) is 7.04. The number of nitrogens with zero attached hydrogens (tertiary/aromatic N) is 2. The Morgan fingerprint density at radius 1 is 1.38 bits per heavy atom. The van der Waals surface area contributed by atoms with E-state index in [1.807, 2.05) is 7.05 Å². The van der Waals surface area contributed by atoms with Gasteiger partial charge in [-0.2, -0.15) is 0 Å². The van der Waals surface area contributed by atoms with Crippen LogP contribution in [0.2, 0.25) is 0 Å². The number of hydrogen-bond donors (Lipinski definition) is 1. The molecular weight excluding hydrogens is 262 g/mol. The van der Waals surface area contributed by atoms with Crippen molar-refractivity contribution in [2.45, 2.75) is 58.2 Å². The molecular formula is C17H29N3O. The zero-order valence-corrected chi connectivity index (χ0v) is 14.2. The highest BCUT2D eigenvalue weighted by molar-refractivity contribution is 5.44. The van der Waals surface area contributed by atoms with Crippen molar-refractivity contribution in [2.24, 2.45) is 0 Å². The van der Waals surface area contributed by atoms with E-state index in [4.69, 9.17) is 9.72 Å². The molecule has 118 valence electrons. The summed E-state index contributed by atoms with van der Waals surface area (Å²) in [6.07, 6.45) is 1.34. The Morgan fingerprint density at radius 2 is 2.10 bits per heavy atom. The van der Waals surface area contributed by atoms with Gasteiger partial charge in [-0.05, 0) is 38.1 Å². The van der Waals surface area contributed by atoms with Crippen molar-refractivity contribution < 1.29 is 4.74 Å². The summed E-state index contributed by atoms with van der Waals surface area (Å²) in [4.78, 5) is 7.19. The van der Waals surface area contributed by atoms with E-state index in [-0.39, 0.29) is 11.5 Å². The van der Waals surface area contributed by atoms with Crippen LogP contribution in [0.25, 0.3) is 0 Å². The van der Waals surface area contributed by atoms with Gasteiger partial charge in [0.15, 0.2) is 0 Å². The predicted molar refractivity (Wildman–Crippen MR) is 87.9 cm³/mol. The van der Waals surface area contributed by atoms with Crippen LogP contribution in [0.4, 0.5) is 5.82 Å². The molecule has 2 heterocycles. The summed E-state index contributed by atoms with van der Waals surface area (Å²) in [5, 5.41) is 3.24. The number of ether oxygens (including phenoxy) is 1. The molecule has 1 fully saturated rings. The number of anilines is 1. The van der Waals surface area contributed by atoms with Crippen LogP contribution in [0.5, 0.6) is 0 Å². The molecule has 0 amide bonds. The number of nitrogens with one attached hydrogen (secondary N) is 1. The van der Waals surface area contributed by atoms with Crippen LogP contribution < -0.4 is 10.2 Å². The molecule has 2 unspecified atom stereocenters. The Labute approximate surface area is 128 Å². The van der Waals surface area contributed by atoms with Gasteiger partial charge < -0.3 is 15.0 Å². The van der Waals surface area contributed by atoms with E-state index >= 15 is 0 Å². The van der Waals surface area contributed by atoms with Crippen molar-refractivity contribution in [2.75, 3.05) is 25.6 Å². The third kappa shape index (κ3) is 3.74. The van der Waals surface area contributed by atoms with Gasteiger partial charge in [0.2, 0.25) is 0 Å². The molecule has 0 bridgehead atoms. The van der Waals surface area contributed by atoms with Gasteiger partial charge in [0.05, 0.1) is 12.1 Å². The molecule has 1 aliphatic rings. The van der Waals surface area contributed by atoms with Gasteiger partial charge in [-0.15, -0.1) is 0 Å². The lowest BCUT2D eigenvalue weighted by Crippen LogP contribution is -2.37. The van der Waals surface area contributed by atoms with Crippen LogP contribution in [0.15, 0.2) is 12.1 Å². The molecule has 0 saturated carbocycles. The van der Waals surface area contributed by atoms with E-state index < -0.39 is 0 Å². The van der Waals surface area contributed by atoms with Crippen molar-refractivity contribution in [1.82, 2.24) is 10.3 Å². The van der Waals surface area contributed by atoms with Gasteiger partial charge in [-0.3, -0.25) is 0 Å². The summed E-state index contributed by atoms with van der Waals surface area (Å²) < 4.78 is 5.70. The maximum atomic E-state index is 5.70. The van der Waals surface area contributed by atoms with Crippen LogP contribution >= 0.6 is 0 Å². The van der Waals surface area contributed by atoms with Crippen molar-refractivity contribution >= 4 is 5.82 Å². The van der Waals surface area contributed by atoms with E-state index in [0.717, 1.165) is 31.1 Å². The number of aromatic nitrogens is 1. The minimum absolute atomic E-state index is 0.0527. The summed E-state index contributed by atoms with van der Waals surface area (Å²) in [6.45, 7) is 10.5. The summed E-state index contributed by atoms with van der Waals surface area (Å²) in [7, 11) is 4.11. The minimum atomic E-state index is 0.0527. The van der Waals surface area contributed by atoms with Gasteiger partial charge in [-0.25, -0.2) is 4.98 Å². The van der Waals surface area contributed by atoms with Crippen LogP contribution in [-0.2, 0) is 16.7 Å². The number of likely N-dealkylation sites (N-methyl/N-ethyl adjacent to an activating group) is 1. The zero-order chi connectivity index (χ0) is 15.6. The molecule has 21 heavy (non-hydrogen) atoms. The number of rotatable bonds is 4. The number of pyridine rings is 1. The van der Waals surface area contributed by atoms with E-state index in [9.17, 15) is 0 Å². The molecule has 4 nitrogen and oxygen atoms in total. The van der Waals surface area contributed by atoms with Gasteiger partial charge in [0.1, 0.15) is 5.82 Å². The second kappa shape index (κ2) is 6.32. The highest BCUT2D eigenvalue weighted by Gasteiger charge is 2.29. The summed E-state index contributed by atoms with van der Waals surface area (Å²) >= 11 is 0. The second-order valence-electron chi connectivity index (χ2n) is 7.04. The first-order valence-electron chi connectivity index (χ1n) is 7.83. The fraction of sp³-hybridized carbons (Fsp3) is 0.706. The molecule has 4 heteroatoms. The monoisotopic (exact) mass is 291 g/mol. The lowest BCUT2D eigenvalue weighted by molar-refractivity contribution is 0.118. The van der Waals surface area contributed by atoms with Crippen LogP contribution in [-0.4, -0.2) is 37.8 Å². The van der Waals surface area contributed by atoms with Gasteiger partial charge in [0.25, 0.3) is 0 Å². The molecule has 0 aromatic carbocycles. The topological polar surface area (TPSA) is 37.4 Å². The van der Waals surface area contributed by atoms with Crippen molar-refractivity contribution in [3.8, 4) is 0 Å². The molecule has 1 N–H and O–H groups in total. The van der Waals surface area contributed by atoms with Crippen molar-refractivity contribution in [3.05, 3.63) is 23.4 Å². The van der Waals surface area contributed by atoms with E-state index in [2.05, 4.69) is 57.1 Å². The van der Waals surface area contributed by atoms with E-state index in [1.165, 1.54) is 5.56 Å². The molecule has 1 aromatic heterocycles. The van der Waals surface area contributed by atoms with Crippen LogP contribution in [0.3, 0.4) is 0 Å². The third-order valence-corrected chi connectivity index (χ3v) is 4.22. The van der Waals surface area contributed by atoms with Crippen molar-refractivity contribution in [1.29, 1.82) is 0 Å². The van der Waals surface area contributed by atoms with Gasteiger partial charge >= 0.3 is 0 Å². The molecule has 1 aliphatic heterocycles. The van der Waals surface area contributed by atoms with Gasteiger partial charge in [-0.1, -0.05) is 20.8 Å². The maximum Gasteiger partial charge on any atom is 0.129 e. The fourth-order valence-electron chi connectivity index (χ4n) is 2.84. The molecule has 1 saturated heterocycles. The molecule has 0 aliphatic carbocycles. The Morgan fingerprint density at radius 3 is 2.62 bits per heavy atom. The average Bonchev–Trinajstić information content (AvgIpc) is 2.83. The molecule has 0 spiro atoms. The lowest BCUT2D eigenvalue weighted by atomic mass is 9.90. The average molecular weight is 291 g/mol. The fourth-order valence-corrected chi connectivity index (χ4v) is 2.84. The minimum Gasteiger partial charge on any atom is -0.376 e. The molecule has 0 radical (unpaired) electrons. The Kier molecular flexibility index (Phi) is 4.89. The maximum absolute atomic E-state index is 5.70. The van der Waals surface area contributed by atoms with E-state index in [0.29, 0.717) is 6.04 Å². The standard InChI is InChI=1S/C17H29N3O/c1-12-14(7-8-21-12)20(6)16-10-13(11-18-5)9-15(19-16)17(2,3)4/h9-10,12,14,18H,7-8,11H2,1-6H3. The first-order valence-corrected chi connectivity index (χ1v) is 7.83. The van der Waals surface area contributed by atoms with Gasteiger partial charge in [0, 0.05) is 31.3 Å². The summed E-state index contributed by atoms with van der Waals surface area (Å²) in [5.74, 6) is 1.05. The Hall–Kier alpha value is -1.13. The number of hydrogen-bond acceptors (Lipinski definition) is 4. The predicted octanol–water partition coefficient (Wildman–Crippen LogP) is 2.71. The smallest absolute Gasteiger partial charge is 0.129 e. The molecule has 1 aromatic rings. The normalized spacial score (nSPS) is 22.6. The SMILES string of the molecule is CNCc1cc(N(C)C2CCOC2C)nc(C(C)(C)C)c1. The lowest BCUT2D eigenvalue weighted by Gasteiger charge is -2.30. The largest absolute Gasteiger partial charge is 0.376 e. The van der Waals surface area contributed by atoms with Crippen LogP contribution in [0, 0.1) is 0 Å². The summed E-state index contributed by atoms with van der Waals surface area (Å²) in [6, 6.07) is 4.81. The highest BCUT2D eigenvalue weighted by atomic mass is 16.5. The van der Waals surface area contributed by atoms with E-state index in [1.54, 1.807) is 0 Å². The highest BCUT2D eigenvalue weighted by Crippen LogP contribution is 2.28. The molecule has 2 atom stereocenters. The Balaban J connectivity index is 2.35. The summed E-state index contributed by atoms with van der Waals surface area (Å²) in [5.41, 5.74) is 2.48. The first kappa shape index (κ1) is 16.2. The van der Waals surface area contributed by atoms with Crippen LogP contribution in [0.1, 0.15) is 45.4 Å². The zero-order valence-electron chi connectivity index (χ0n) is 14.2.